The number of anilines is 2. The van der Waals surface area contributed by atoms with Crippen molar-refractivity contribution in [3.63, 3.8) is 0 Å². The normalized spacial score (nSPS) is 14.9. The minimum absolute atomic E-state index is 0.0439. The summed E-state index contributed by atoms with van der Waals surface area (Å²) in [6.45, 7) is 18.8. The van der Waals surface area contributed by atoms with E-state index in [9.17, 15) is 10.1 Å². The largest absolute Gasteiger partial charge is 0.347 e. The predicted molar refractivity (Wildman–Crippen MR) is 214 cm³/mol. The molecule has 9 nitrogen and oxygen atoms in total. The van der Waals surface area contributed by atoms with Gasteiger partial charge < -0.3 is 9.80 Å². The van der Waals surface area contributed by atoms with Crippen LogP contribution in [0.15, 0.2) is 46.5 Å². The number of rotatable bonds is 22. The van der Waals surface area contributed by atoms with Gasteiger partial charge in [0.15, 0.2) is 11.0 Å². The topological polar surface area (TPSA) is 103 Å². The standard InChI is InChI=1S/C41H60N8OS/c1-8-14-21-31(12-5)28-48(29-32(13-6)22-15-9-2)41-44-36(33-23-19-18-20-24-33)38(51-41)43-35-30(7)34(27-42)39(50)49-37(35)45-40(46-49)47(25-16-10-3)26-17-11-4/h18-20,23-24,31-32H,8-17,21-22,25-26,28-29H2,1-7H3/b43-35-. The quantitative estimate of drug-likeness (QED) is 0.102. The van der Waals surface area contributed by atoms with Gasteiger partial charge in [-0.25, -0.2) is 9.98 Å². The van der Waals surface area contributed by atoms with E-state index in [1.165, 1.54) is 43.2 Å². The lowest BCUT2D eigenvalue weighted by Gasteiger charge is -2.30. The van der Waals surface area contributed by atoms with Gasteiger partial charge in [0.1, 0.15) is 28.0 Å². The Labute approximate surface area is 310 Å². The SMILES string of the molecule is CCCCC(CC)CN(CC(CC)CCCC)c1nc(-c2ccccc2)c(/N=C2/C(C)=C(C#N)C(=O)n3nc(N(CCCC)CCCC)nc32)s1. The summed E-state index contributed by atoms with van der Waals surface area (Å²) in [5, 5.41) is 16.6. The molecule has 2 atom stereocenters. The number of benzene rings is 1. The summed E-state index contributed by atoms with van der Waals surface area (Å²) in [5.74, 6) is 1.60. The van der Waals surface area contributed by atoms with Crippen molar-refractivity contribution in [2.75, 3.05) is 36.0 Å². The second-order valence-electron chi connectivity index (χ2n) is 14.0. The molecule has 0 radical (unpaired) electrons. The molecule has 0 fully saturated rings. The zero-order valence-electron chi connectivity index (χ0n) is 32.2. The Morgan fingerprint density at radius 2 is 1.43 bits per heavy atom. The average molecular weight is 713 g/mol. The van der Waals surface area contributed by atoms with Gasteiger partial charge in [0.2, 0.25) is 5.95 Å². The van der Waals surface area contributed by atoms with Crippen LogP contribution >= 0.6 is 11.3 Å². The highest BCUT2D eigenvalue weighted by molar-refractivity contribution is 7.19. The number of nitriles is 1. The maximum atomic E-state index is 13.6. The van der Waals surface area contributed by atoms with Crippen molar-refractivity contribution in [3.8, 4) is 17.3 Å². The van der Waals surface area contributed by atoms with Crippen molar-refractivity contribution >= 4 is 39.0 Å². The molecule has 0 spiro atoms. The first-order valence-electron chi connectivity index (χ1n) is 19.6. The maximum absolute atomic E-state index is 13.6. The summed E-state index contributed by atoms with van der Waals surface area (Å²) in [6.07, 6.45) is 13.6. The number of fused-ring (bicyclic) bond motifs is 1. The number of carbonyl (C=O) groups is 1. The number of carbonyl (C=O) groups excluding carboxylic acids is 1. The minimum Gasteiger partial charge on any atom is -0.347 e. The number of hydrogen-bond acceptors (Lipinski definition) is 9. The molecule has 1 aromatic carbocycles. The van der Waals surface area contributed by atoms with Crippen molar-refractivity contribution < 1.29 is 4.79 Å². The van der Waals surface area contributed by atoms with E-state index < -0.39 is 5.91 Å². The molecule has 0 saturated heterocycles. The average Bonchev–Trinajstić information content (AvgIpc) is 3.79. The van der Waals surface area contributed by atoms with E-state index in [0.29, 0.717) is 34.9 Å². The first-order valence-corrected chi connectivity index (χ1v) is 20.4. The van der Waals surface area contributed by atoms with Gasteiger partial charge >= 0.3 is 0 Å². The molecule has 1 aliphatic heterocycles. The first kappa shape index (κ1) is 39.9. The van der Waals surface area contributed by atoms with Crippen molar-refractivity contribution in [1.29, 1.82) is 5.26 Å². The third-order valence-electron chi connectivity index (χ3n) is 10.1. The lowest BCUT2D eigenvalue weighted by Crippen LogP contribution is -2.34. The number of nitrogens with zero attached hydrogens (tertiary/aromatic N) is 8. The van der Waals surface area contributed by atoms with E-state index in [1.54, 1.807) is 18.3 Å². The van der Waals surface area contributed by atoms with Gasteiger partial charge in [0.05, 0.1) is 0 Å². The number of aromatic nitrogens is 4. The van der Waals surface area contributed by atoms with Crippen LogP contribution in [0.2, 0.25) is 0 Å². The molecular formula is C41H60N8OS. The van der Waals surface area contributed by atoms with Crippen molar-refractivity contribution in [2.45, 2.75) is 126 Å². The molecular weight excluding hydrogens is 653 g/mol. The molecule has 51 heavy (non-hydrogen) atoms. The zero-order chi connectivity index (χ0) is 36.8. The lowest BCUT2D eigenvalue weighted by atomic mass is 9.96. The third-order valence-corrected chi connectivity index (χ3v) is 11.1. The number of hydrogen-bond donors (Lipinski definition) is 0. The van der Waals surface area contributed by atoms with Crippen LogP contribution < -0.4 is 9.80 Å². The van der Waals surface area contributed by atoms with E-state index >= 15 is 0 Å². The third kappa shape index (κ3) is 10.2. The highest BCUT2D eigenvalue weighted by Gasteiger charge is 2.34. The van der Waals surface area contributed by atoms with Crippen LogP contribution in [0.3, 0.4) is 0 Å². The Hall–Kier alpha value is -3.84. The minimum atomic E-state index is -0.455. The van der Waals surface area contributed by atoms with Gasteiger partial charge in [-0.05, 0) is 44.4 Å². The summed E-state index contributed by atoms with van der Waals surface area (Å²) in [6, 6.07) is 12.4. The zero-order valence-corrected chi connectivity index (χ0v) is 33.1. The molecule has 0 aliphatic carbocycles. The summed E-state index contributed by atoms with van der Waals surface area (Å²) in [5.41, 5.74) is 2.85. The molecule has 0 amide bonds. The molecule has 10 heteroatoms. The molecule has 1 aliphatic rings. The van der Waals surface area contributed by atoms with E-state index in [1.807, 2.05) is 18.2 Å². The Morgan fingerprint density at radius 1 is 0.843 bits per heavy atom. The van der Waals surface area contributed by atoms with E-state index in [0.717, 1.165) is 86.1 Å². The molecule has 4 rings (SSSR count). The predicted octanol–water partition coefficient (Wildman–Crippen LogP) is 10.7. The van der Waals surface area contributed by atoms with Crippen LogP contribution in [0.5, 0.6) is 0 Å². The monoisotopic (exact) mass is 712 g/mol. The summed E-state index contributed by atoms with van der Waals surface area (Å²) in [4.78, 5) is 33.9. The van der Waals surface area contributed by atoms with Gasteiger partial charge in [-0.15, -0.1) is 5.10 Å². The lowest BCUT2D eigenvalue weighted by molar-refractivity contribution is 0.0942. The molecule has 0 saturated carbocycles. The molecule has 0 N–H and O–H groups in total. The second-order valence-corrected chi connectivity index (χ2v) is 14.9. The summed E-state index contributed by atoms with van der Waals surface area (Å²) < 4.78 is 1.29. The Bertz CT molecular complexity index is 1620. The van der Waals surface area contributed by atoms with E-state index in [2.05, 4.69) is 69.5 Å². The van der Waals surface area contributed by atoms with Gasteiger partial charge in [-0.2, -0.15) is 14.9 Å². The van der Waals surface area contributed by atoms with Gasteiger partial charge in [-0.1, -0.05) is 135 Å². The summed E-state index contributed by atoms with van der Waals surface area (Å²) >= 11 is 1.60. The Morgan fingerprint density at radius 3 is 1.96 bits per heavy atom. The Balaban J connectivity index is 1.88. The number of unbranched alkanes of at least 4 members (excludes halogenated alkanes) is 4. The second kappa shape index (κ2) is 20.3. The van der Waals surface area contributed by atoms with Gasteiger partial charge in [0.25, 0.3) is 5.91 Å². The highest BCUT2D eigenvalue weighted by Crippen LogP contribution is 2.42. The molecule has 2 aromatic heterocycles. The highest BCUT2D eigenvalue weighted by atomic mass is 32.1. The number of allylic oxidation sites excluding steroid dienone is 2. The van der Waals surface area contributed by atoms with Crippen LogP contribution in [0.25, 0.3) is 11.3 Å². The van der Waals surface area contributed by atoms with Crippen molar-refractivity contribution in [1.82, 2.24) is 19.7 Å². The summed E-state index contributed by atoms with van der Waals surface area (Å²) in [7, 11) is 0. The Kier molecular flexibility index (Phi) is 15.9. The number of thiazole rings is 1. The molecule has 3 heterocycles. The van der Waals surface area contributed by atoms with Crippen LogP contribution in [0.1, 0.15) is 136 Å². The molecule has 276 valence electrons. The van der Waals surface area contributed by atoms with Crippen molar-refractivity contribution in [2.24, 2.45) is 16.8 Å². The fraction of sp³-hybridized carbons (Fsp3) is 0.610. The van der Waals surface area contributed by atoms with E-state index in [4.69, 9.17) is 20.1 Å². The number of aliphatic imine (C=N–C) groups is 1. The molecule has 0 bridgehead atoms. The van der Waals surface area contributed by atoms with Crippen LogP contribution in [0.4, 0.5) is 16.1 Å². The van der Waals surface area contributed by atoms with Crippen LogP contribution in [-0.4, -0.2) is 57.5 Å². The first-order chi connectivity index (χ1) is 24.8. The van der Waals surface area contributed by atoms with Crippen LogP contribution in [0, 0.1) is 23.2 Å². The van der Waals surface area contributed by atoms with Crippen molar-refractivity contribution in [3.05, 3.63) is 47.3 Å². The van der Waals surface area contributed by atoms with E-state index in [-0.39, 0.29) is 5.57 Å². The van der Waals surface area contributed by atoms with Crippen LogP contribution in [-0.2, 0) is 0 Å². The smallest absolute Gasteiger partial charge is 0.291 e. The fourth-order valence-electron chi connectivity index (χ4n) is 6.64. The maximum Gasteiger partial charge on any atom is 0.291 e. The fourth-order valence-corrected chi connectivity index (χ4v) is 7.63. The van der Waals surface area contributed by atoms with Gasteiger partial charge in [0, 0.05) is 37.3 Å². The molecule has 2 unspecified atom stereocenters. The van der Waals surface area contributed by atoms with Gasteiger partial charge in [-0.3, -0.25) is 4.79 Å². The molecule has 3 aromatic rings.